The fourth-order valence-electron chi connectivity index (χ4n) is 1.72. The van der Waals surface area contributed by atoms with Crippen molar-refractivity contribution < 1.29 is 9.18 Å². The summed E-state index contributed by atoms with van der Waals surface area (Å²) in [4.78, 5) is 11.7. The molecule has 0 saturated heterocycles. The number of carbonyl (C=O) groups excluding carboxylic acids is 1. The fourth-order valence-corrected chi connectivity index (χ4v) is 2.54. The van der Waals surface area contributed by atoms with Gasteiger partial charge in [-0.15, -0.1) is 11.8 Å². The third kappa shape index (κ3) is 4.70. The predicted octanol–water partition coefficient (Wildman–Crippen LogP) is 3.38. The van der Waals surface area contributed by atoms with Crippen molar-refractivity contribution in [3.8, 4) is 0 Å². The summed E-state index contributed by atoms with van der Waals surface area (Å²) in [6.45, 7) is 0.234. The first kappa shape index (κ1) is 14.6. The average molecular weight is 289 g/mol. The summed E-state index contributed by atoms with van der Waals surface area (Å²) < 4.78 is 13.4. The van der Waals surface area contributed by atoms with E-state index in [4.69, 9.17) is 0 Å². The molecule has 4 heteroatoms. The lowest BCUT2D eigenvalue weighted by atomic mass is 10.2. The lowest BCUT2D eigenvalue weighted by molar-refractivity contribution is -0.118. The Morgan fingerprint density at radius 1 is 1.05 bits per heavy atom. The fraction of sp³-hybridized carbons (Fsp3) is 0.188. The maximum Gasteiger partial charge on any atom is 0.230 e. The average Bonchev–Trinajstić information content (AvgIpc) is 2.47. The molecule has 1 N–H and O–H groups in total. The van der Waals surface area contributed by atoms with Crippen molar-refractivity contribution in [3.63, 3.8) is 0 Å². The molecule has 20 heavy (non-hydrogen) atoms. The minimum atomic E-state index is -0.287. The zero-order valence-electron chi connectivity index (χ0n) is 11.0. The van der Waals surface area contributed by atoms with Crippen LogP contribution in [-0.4, -0.2) is 11.7 Å². The van der Waals surface area contributed by atoms with Gasteiger partial charge in [-0.25, -0.2) is 4.39 Å². The van der Waals surface area contributed by atoms with E-state index in [1.54, 1.807) is 30.0 Å². The Labute approximate surface area is 122 Å². The summed E-state index contributed by atoms with van der Waals surface area (Å²) in [7, 11) is 0. The Bertz CT molecular complexity index is 559. The second-order valence-electron chi connectivity index (χ2n) is 4.35. The van der Waals surface area contributed by atoms with Crippen LogP contribution in [0.3, 0.4) is 0 Å². The van der Waals surface area contributed by atoms with Crippen LogP contribution in [0.2, 0.25) is 0 Å². The van der Waals surface area contributed by atoms with E-state index in [1.807, 2.05) is 30.3 Å². The van der Waals surface area contributed by atoms with Gasteiger partial charge in [0.05, 0.1) is 5.75 Å². The number of hydrogen-bond acceptors (Lipinski definition) is 2. The molecule has 0 saturated carbocycles. The van der Waals surface area contributed by atoms with Gasteiger partial charge in [-0.3, -0.25) is 4.79 Å². The van der Waals surface area contributed by atoms with Crippen molar-refractivity contribution in [1.82, 2.24) is 5.32 Å². The highest BCUT2D eigenvalue weighted by Crippen LogP contribution is 2.11. The van der Waals surface area contributed by atoms with Crippen molar-refractivity contribution in [2.45, 2.75) is 12.3 Å². The van der Waals surface area contributed by atoms with Gasteiger partial charge in [0, 0.05) is 17.9 Å². The van der Waals surface area contributed by atoms with Gasteiger partial charge < -0.3 is 5.32 Å². The van der Waals surface area contributed by atoms with Crippen LogP contribution in [0.25, 0.3) is 0 Å². The van der Waals surface area contributed by atoms with Gasteiger partial charge in [-0.1, -0.05) is 48.5 Å². The van der Waals surface area contributed by atoms with Gasteiger partial charge in [-0.2, -0.15) is 0 Å². The molecule has 0 aromatic heterocycles. The Balaban J connectivity index is 1.70. The maximum atomic E-state index is 13.4. The summed E-state index contributed by atoms with van der Waals surface area (Å²) in [6, 6.07) is 16.5. The third-order valence-electron chi connectivity index (χ3n) is 2.78. The van der Waals surface area contributed by atoms with E-state index in [9.17, 15) is 9.18 Å². The molecule has 0 aliphatic rings. The van der Waals surface area contributed by atoms with Crippen LogP contribution >= 0.6 is 11.8 Å². The minimum absolute atomic E-state index is 0.0748. The molecule has 0 atom stereocenters. The molecule has 2 nitrogen and oxygen atoms in total. The second kappa shape index (κ2) is 7.70. The summed E-state index contributed by atoms with van der Waals surface area (Å²) >= 11 is 1.55. The molecule has 2 rings (SSSR count). The standard InChI is InChI=1S/C16H16FNOS/c17-15-9-5-4-8-14(15)10-18-16(19)12-20-11-13-6-2-1-3-7-13/h1-9H,10-12H2,(H,18,19). The van der Waals surface area contributed by atoms with Crippen LogP contribution < -0.4 is 5.32 Å². The lowest BCUT2D eigenvalue weighted by Crippen LogP contribution is -2.25. The highest BCUT2D eigenvalue weighted by atomic mass is 32.2. The van der Waals surface area contributed by atoms with Crippen LogP contribution in [0.1, 0.15) is 11.1 Å². The minimum Gasteiger partial charge on any atom is -0.351 e. The van der Waals surface area contributed by atoms with E-state index in [2.05, 4.69) is 5.32 Å². The van der Waals surface area contributed by atoms with E-state index < -0.39 is 0 Å². The Morgan fingerprint density at radius 3 is 2.50 bits per heavy atom. The van der Waals surface area contributed by atoms with Gasteiger partial charge >= 0.3 is 0 Å². The molecule has 0 aliphatic heterocycles. The third-order valence-corrected chi connectivity index (χ3v) is 3.78. The van der Waals surface area contributed by atoms with E-state index >= 15 is 0 Å². The van der Waals surface area contributed by atoms with Crippen LogP contribution in [0.15, 0.2) is 54.6 Å². The van der Waals surface area contributed by atoms with Crippen molar-refractivity contribution in [2.24, 2.45) is 0 Å². The first-order chi connectivity index (χ1) is 9.75. The number of hydrogen-bond donors (Lipinski definition) is 1. The maximum absolute atomic E-state index is 13.4. The Kier molecular flexibility index (Phi) is 5.62. The summed E-state index contributed by atoms with van der Waals surface area (Å²) in [5.74, 6) is 0.816. The number of benzene rings is 2. The molecular formula is C16H16FNOS. The van der Waals surface area contributed by atoms with Crippen molar-refractivity contribution in [2.75, 3.05) is 5.75 Å². The van der Waals surface area contributed by atoms with Crippen LogP contribution in [0.4, 0.5) is 4.39 Å². The normalized spacial score (nSPS) is 10.2. The number of halogens is 1. The molecule has 0 unspecified atom stereocenters. The highest BCUT2D eigenvalue weighted by Gasteiger charge is 2.04. The predicted molar refractivity (Wildman–Crippen MR) is 80.9 cm³/mol. The van der Waals surface area contributed by atoms with E-state index in [-0.39, 0.29) is 18.3 Å². The van der Waals surface area contributed by atoms with Crippen molar-refractivity contribution >= 4 is 17.7 Å². The zero-order chi connectivity index (χ0) is 14.2. The highest BCUT2D eigenvalue weighted by molar-refractivity contribution is 7.99. The number of thioether (sulfide) groups is 1. The molecule has 0 spiro atoms. The van der Waals surface area contributed by atoms with Crippen LogP contribution in [0, 0.1) is 5.82 Å². The Hall–Kier alpha value is -1.81. The number of carbonyl (C=O) groups is 1. The molecular weight excluding hydrogens is 273 g/mol. The van der Waals surface area contributed by atoms with E-state index in [1.165, 1.54) is 11.6 Å². The number of rotatable bonds is 6. The Morgan fingerprint density at radius 2 is 1.75 bits per heavy atom. The molecule has 104 valence electrons. The summed E-state index contributed by atoms with van der Waals surface area (Å²) in [5, 5.41) is 2.73. The molecule has 0 bridgehead atoms. The van der Waals surface area contributed by atoms with E-state index in [0.717, 1.165) is 5.75 Å². The quantitative estimate of drug-likeness (QED) is 0.883. The van der Waals surface area contributed by atoms with Gasteiger partial charge in [-0.05, 0) is 11.6 Å². The monoisotopic (exact) mass is 289 g/mol. The van der Waals surface area contributed by atoms with Gasteiger partial charge in [0.25, 0.3) is 0 Å². The van der Waals surface area contributed by atoms with Crippen LogP contribution in [-0.2, 0) is 17.1 Å². The lowest BCUT2D eigenvalue weighted by Gasteiger charge is -2.06. The molecule has 2 aromatic carbocycles. The molecule has 0 heterocycles. The molecule has 0 fully saturated rings. The summed E-state index contributed by atoms with van der Waals surface area (Å²) in [5.41, 5.74) is 1.70. The number of amides is 1. The van der Waals surface area contributed by atoms with Crippen molar-refractivity contribution in [3.05, 3.63) is 71.5 Å². The number of nitrogens with one attached hydrogen (secondary N) is 1. The smallest absolute Gasteiger partial charge is 0.230 e. The first-order valence-electron chi connectivity index (χ1n) is 6.37. The SMILES string of the molecule is O=C(CSCc1ccccc1)NCc1ccccc1F. The topological polar surface area (TPSA) is 29.1 Å². The second-order valence-corrected chi connectivity index (χ2v) is 5.33. The largest absolute Gasteiger partial charge is 0.351 e. The summed E-state index contributed by atoms with van der Waals surface area (Å²) in [6.07, 6.45) is 0. The van der Waals surface area contributed by atoms with Gasteiger partial charge in [0.15, 0.2) is 0 Å². The molecule has 0 radical (unpaired) electrons. The van der Waals surface area contributed by atoms with Crippen molar-refractivity contribution in [1.29, 1.82) is 0 Å². The van der Waals surface area contributed by atoms with E-state index in [0.29, 0.717) is 11.3 Å². The van der Waals surface area contributed by atoms with Gasteiger partial charge in [0.2, 0.25) is 5.91 Å². The zero-order valence-corrected chi connectivity index (χ0v) is 11.8. The molecule has 2 aromatic rings. The van der Waals surface area contributed by atoms with Crippen LogP contribution in [0.5, 0.6) is 0 Å². The molecule has 0 aliphatic carbocycles. The first-order valence-corrected chi connectivity index (χ1v) is 7.53. The van der Waals surface area contributed by atoms with Gasteiger partial charge in [0.1, 0.15) is 5.82 Å². The molecule has 1 amide bonds.